The van der Waals surface area contributed by atoms with Gasteiger partial charge in [0, 0.05) is 30.4 Å². The maximum absolute atomic E-state index is 12.7. The van der Waals surface area contributed by atoms with Crippen molar-refractivity contribution in [1.82, 2.24) is 15.5 Å². The van der Waals surface area contributed by atoms with Gasteiger partial charge in [0.1, 0.15) is 11.6 Å². The van der Waals surface area contributed by atoms with Crippen LogP contribution in [-0.4, -0.2) is 59.5 Å². The van der Waals surface area contributed by atoms with Crippen molar-refractivity contribution in [3.8, 4) is 0 Å². The third kappa shape index (κ3) is 6.46. The Kier molecular flexibility index (Phi) is 7.29. The summed E-state index contributed by atoms with van der Waals surface area (Å²) in [6.07, 6.45) is 1.20. The van der Waals surface area contributed by atoms with Crippen molar-refractivity contribution in [3.05, 3.63) is 29.3 Å². The van der Waals surface area contributed by atoms with Gasteiger partial charge in [0.2, 0.25) is 11.8 Å². The van der Waals surface area contributed by atoms with E-state index in [1.807, 2.05) is 6.92 Å². The smallest absolute Gasteiger partial charge is 0.408 e. The fourth-order valence-electron chi connectivity index (χ4n) is 4.22. The second-order valence-corrected chi connectivity index (χ2v) is 9.89. The molecule has 2 atom stereocenters. The molecular formula is C24H34N4O5. The molecule has 0 bridgehead atoms. The topological polar surface area (TPSA) is 117 Å². The number of hydrogen-bond donors (Lipinski definition) is 3. The van der Waals surface area contributed by atoms with E-state index in [9.17, 15) is 19.2 Å². The quantitative estimate of drug-likeness (QED) is 0.627. The van der Waals surface area contributed by atoms with Crippen molar-refractivity contribution in [2.45, 2.75) is 71.6 Å². The molecule has 3 N–H and O–H groups in total. The Labute approximate surface area is 194 Å². The molecule has 0 aliphatic carbocycles. The van der Waals surface area contributed by atoms with E-state index >= 15 is 0 Å². The van der Waals surface area contributed by atoms with E-state index < -0.39 is 17.7 Å². The van der Waals surface area contributed by atoms with Gasteiger partial charge in [-0.05, 0) is 77.1 Å². The first kappa shape index (κ1) is 24.5. The number of carbonyl (C=O) groups excluding carboxylic acids is 4. The van der Waals surface area contributed by atoms with Crippen molar-refractivity contribution in [1.29, 1.82) is 0 Å². The van der Waals surface area contributed by atoms with Gasteiger partial charge in [-0.15, -0.1) is 0 Å². The Morgan fingerprint density at radius 2 is 1.79 bits per heavy atom. The van der Waals surface area contributed by atoms with Gasteiger partial charge < -0.3 is 25.6 Å². The van der Waals surface area contributed by atoms with Gasteiger partial charge in [0.05, 0.1) is 6.42 Å². The fourth-order valence-corrected chi connectivity index (χ4v) is 4.22. The lowest BCUT2D eigenvalue weighted by Crippen LogP contribution is -2.51. The van der Waals surface area contributed by atoms with Crippen LogP contribution >= 0.6 is 0 Å². The summed E-state index contributed by atoms with van der Waals surface area (Å²) in [5.41, 5.74) is 1.50. The van der Waals surface area contributed by atoms with Crippen LogP contribution in [0.5, 0.6) is 0 Å². The highest BCUT2D eigenvalue weighted by molar-refractivity contribution is 6.01. The second kappa shape index (κ2) is 9.80. The molecule has 1 aromatic rings. The molecule has 180 valence electrons. The Balaban J connectivity index is 1.47. The summed E-state index contributed by atoms with van der Waals surface area (Å²) >= 11 is 0. The molecule has 9 heteroatoms. The maximum atomic E-state index is 12.7. The molecule has 1 saturated heterocycles. The SMILES string of the molecule is CC(NC(=O)OC(C)(C)C)C(=O)N1CCC(C(C)NC(=O)c2ccc3c(c2)CC(=O)N3)CC1. The number of fused-ring (bicyclic) bond motifs is 1. The molecule has 33 heavy (non-hydrogen) atoms. The van der Waals surface area contributed by atoms with Crippen molar-refractivity contribution in [2.75, 3.05) is 18.4 Å². The highest BCUT2D eigenvalue weighted by Crippen LogP contribution is 2.25. The standard InChI is InChI=1S/C24H34N4O5/c1-14(25-21(30)17-6-7-19-18(12-17)13-20(29)27-19)16-8-10-28(11-9-16)22(31)15(2)26-23(32)33-24(3,4)5/h6-7,12,14-16H,8-11,13H2,1-5H3,(H,25,30)(H,26,32)(H,27,29). The summed E-state index contributed by atoms with van der Waals surface area (Å²) in [7, 11) is 0. The van der Waals surface area contributed by atoms with E-state index in [4.69, 9.17) is 4.74 Å². The molecule has 2 heterocycles. The van der Waals surface area contributed by atoms with Crippen molar-refractivity contribution in [2.24, 2.45) is 5.92 Å². The minimum atomic E-state index is -0.672. The van der Waals surface area contributed by atoms with Gasteiger partial charge in [-0.3, -0.25) is 14.4 Å². The van der Waals surface area contributed by atoms with Gasteiger partial charge in [-0.1, -0.05) is 0 Å². The molecule has 1 aromatic carbocycles. The number of piperidine rings is 1. The minimum Gasteiger partial charge on any atom is -0.444 e. The number of carbonyl (C=O) groups is 4. The number of nitrogens with one attached hydrogen (secondary N) is 3. The van der Waals surface area contributed by atoms with Crippen LogP contribution < -0.4 is 16.0 Å². The van der Waals surface area contributed by atoms with Crippen molar-refractivity contribution >= 4 is 29.5 Å². The summed E-state index contributed by atoms with van der Waals surface area (Å²) < 4.78 is 5.22. The lowest BCUT2D eigenvalue weighted by atomic mass is 9.90. The lowest BCUT2D eigenvalue weighted by Gasteiger charge is -2.36. The van der Waals surface area contributed by atoms with E-state index in [1.165, 1.54) is 0 Å². The van der Waals surface area contributed by atoms with E-state index in [0.29, 0.717) is 25.1 Å². The molecule has 9 nitrogen and oxygen atoms in total. The summed E-state index contributed by atoms with van der Waals surface area (Å²) in [5.74, 6) is -0.131. The molecule has 2 unspecified atom stereocenters. The predicted molar refractivity (Wildman–Crippen MR) is 124 cm³/mol. The van der Waals surface area contributed by atoms with Gasteiger partial charge in [-0.2, -0.15) is 0 Å². The first-order chi connectivity index (χ1) is 15.4. The molecule has 2 aliphatic heterocycles. The Bertz CT molecular complexity index is 931. The molecule has 0 spiro atoms. The van der Waals surface area contributed by atoms with E-state index in [0.717, 1.165) is 24.1 Å². The monoisotopic (exact) mass is 458 g/mol. The number of nitrogens with zero attached hydrogens (tertiary/aromatic N) is 1. The lowest BCUT2D eigenvalue weighted by molar-refractivity contribution is -0.134. The highest BCUT2D eigenvalue weighted by atomic mass is 16.6. The molecular weight excluding hydrogens is 424 g/mol. The first-order valence-electron chi connectivity index (χ1n) is 11.4. The molecule has 0 aromatic heterocycles. The zero-order valence-electron chi connectivity index (χ0n) is 20.0. The highest BCUT2D eigenvalue weighted by Gasteiger charge is 2.30. The molecule has 2 aliphatic rings. The Morgan fingerprint density at radius 3 is 2.42 bits per heavy atom. The average Bonchev–Trinajstić information content (AvgIpc) is 3.10. The largest absolute Gasteiger partial charge is 0.444 e. The predicted octanol–water partition coefficient (Wildman–Crippen LogP) is 2.45. The number of rotatable bonds is 5. The van der Waals surface area contributed by atoms with Crippen LogP contribution in [0.4, 0.5) is 10.5 Å². The van der Waals surface area contributed by atoms with Crippen LogP contribution in [0.1, 0.15) is 63.4 Å². The minimum absolute atomic E-state index is 0.0555. The van der Waals surface area contributed by atoms with E-state index in [-0.39, 0.29) is 29.7 Å². The number of anilines is 1. The van der Waals surface area contributed by atoms with E-state index in [1.54, 1.807) is 50.8 Å². The number of likely N-dealkylation sites (tertiary alicyclic amines) is 1. The zero-order valence-corrected chi connectivity index (χ0v) is 20.0. The van der Waals surface area contributed by atoms with Gasteiger partial charge in [-0.25, -0.2) is 4.79 Å². The summed E-state index contributed by atoms with van der Waals surface area (Å²) in [4.78, 5) is 50.6. The third-order valence-corrected chi connectivity index (χ3v) is 6.01. The maximum Gasteiger partial charge on any atom is 0.408 e. The van der Waals surface area contributed by atoms with Crippen LogP contribution in [0.15, 0.2) is 18.2 Å². The van der Waals surface area contributed by atoms with Crippen molar-refractivity contribution < 1.29 is 23.9 Å². The van der Waals surface area contributed by atoms with Gasteiger partial charge >= 0.3 is 6.09 Å². The van der Waals surface area contributed by atoms with Crippen LogP contribution in [0.2, 0.25) is 0 Å². The fraction of sp³-hybridized carbons (Fsp3) is 0.583. The average molecular weight is 459 g/mol. The number of benzene rings is 1. The van der Waals surface area contributed by atoms with Crippen molar-refractivity contribution in [3.63, 3.8) is 0 Å². The molecule has 0 radical (unpaired) electrons. The van der Waals surface area contributed by atoms with Crippen LogP contribution in [0, 0.1) is 5.92 Å². The first-order valence-corrected chi connectivity index (χ1v) is 11.4. The summed E-state index contributed by atoms with van der Waals surface area (Å²) in [6, 6.07) is 4.51. The molecule has 4 amide bonds. The zero-order chi connectivity index (χ0) is 24.3. The van der Waals surface area contributed by atoms with E-state index in [2.05, 4.69) is 16.0 Å². The number of hydrogen-bond acceptors (Lipinski definition) is 5. The summed E-state index contributed by atoms with van der Waals surface area (Å²) in [5, 5.41) is 8.42. The number of alkyl carbamates (subject to hydrolysis) is 1. The van der Waals surface area contributed by atoms with Gasteiger partial charge in [0.25, 0.3) is 5.91 Å². The number of ether oxygens (including phenoxy) is 1. The van der Waals surface area contributed by atoms with Crippen LogP contribution in [-0.2, 0) is 20.7 Å². The molecule has 3 rings (SSSR count). The summed E-state index contributed by atoms with van der Waals surface area (Å²) in [6.45, 7) is 10.1. The normalized spacial score (nSPS) is 18.1. The van der Waals surface area contributed by atoms with Crippen LogP contribution in [0.3, 0.4) is 0 Å². The van der Waals surface area contributed by atoms with Crippen LogP contribution in [0.25, 0.3) is 0 Å². The number of amides is 4. The second-order valence-electron chi connectivity index (χ2n) is 9.89. The van der Waals surface area contributed by atoms with Gasteiger partial charge in [0.15, 0.2) is 0 Å². The Morgan fingerprint density at radius 1 is 1.12 bits per heavy atom. The molecule has 1 fully saturated rings. The molecule has 0 saturated carbocycles. The Hall–Kier alpha value is -3.10. The third-order valence-electron chi connectivity index (χ3n) is 6.01.